The molecule has 2 heterocycles. The van der Waals surface area contributed by atoms with Crippen molar-refractivity contribution in [1.82, 2.24) is 20.2 Å². The molecule has 0 fully saturated rings. The van der Waals surface area contributed by atoms with Crippen LogP contribution in [0.15, 0.2) is 54.3 Å². The van der Waals surface area contributed by atoms with Crippen molar-refractivity contribution in [3.63, 3.8) is 0 Å². The zero-order valence-corrected chi connectivity index (χ0v) is 11.6. The minimum absolute atomic E-state index is 0.0135. The van der Waals surface area contributed by atoms with Gasteiger partial charge in [-0.15, -0.1) is 11.3 Å². The maximum absolute atomic E-state index is 5.65. The number of benzene rings is 1. The summed E-state index contributed by atoms with van der Waals surface area (Å²) in [6.45, 7) is 0. The van der Waals surface area contributed by atoms with Crippen LogP contribution in [0.1, 0.15) is 16.6 Å². The molecular weight excluding hydrogens is 270 g/mol. The van der Waals surface area contributed by atoms with Gasteiger partial charge in [-0.05, 0) is 18.2 Å². The molecule has 0 saturated heterocycles. The van der Waals surface area contributed by atoms with Gasteiger partial charge in [-0.1, -0.05) is 18.2 Å². The first kappa shape index (κ1) is 13.0. The molecule has 0 saturated carbocycles. The summed E-state index contributed by atoms with van der Waals surface area (Å²) in [5, 5.41) is 4.59. The summed E-state index contributed by atoms with van der Waals surface area (Å²) in [5.41, 5.74) is 6.60. The fraction of sp³-hybridized carbons (Fsp3) is 0.143. The average Bonchev–Trinajstić information content (AvgIpc) is 3.17. The van der Waals surface area contributed by atoms with Crippen LogP contribution in [-0.2, 0) is 6.42 Å². The molecule has 2 aromatic heterocycles. The van der Waals surface area contributed by atoms with Crippen LogP contribution in [0.25, 0.3) is 5.69 Å². The highest BCUT2D eigenvalue weighted by Gasteiger charge is 2.14. The highest BCUT2D eigenvalue weighted by Crippen LogP contribution is 2.19. The molecule has 5 nitrogen and oxygen atoms in total. The molecule has 1 aromatic carbocycles. The molecule has 0 spiro atoms. The summed E-state index contributed by atoms with van der Waals surface area (Å²) in [6, 6.07) is 12.0. The van der Waals surface area contributed by atoms with Crippen LogP contribution in [0.5, 0.6) is 0 Å². The van der Waals surface area contributed by atoms with Crippen LogP contribution >= 0.6 is 11.3 Å². The van der Waals surface area contributed by atoms with E-state index in [1.54, 1.807) is 11.3 Å². The summed E-state index contributed by atoms with van der Waals surface area (Å²) in [7, 11) is 0. The Morgan fingerprint density at radius 2 is 2.10 bits per heavy atom. The molecule has 1 atom stereocenters. The highest BCUT2D eigenvalue weighted by atomic mass is 32.1. The lowest BCUT2D eigenvalue weighted by Crippen LogP contribution is -2.29. The first-order valence-corrected chi connectivity index (χ1v) is 7.19. The molecule has 1 unspecified atom stereocenters. The van der Waals surface area contributed by atoms with Crippen LogP contribution in [0.2, 0.25) is 0 Å². The number of hydrogen-bond donors (Lipinski definition) is 2. The van der Waals surface area contributed by atoms with Crippen LogP contribution in [0.3, 0.4) is 0 Å². The number of nitrogens with one attached hydrogen (secondary N) is 1. The SMILES string of the molecule is NNC(Cc1cncs1)c1ccn(-c2ccccc2)n1. The van der Waals surface area contributed by atoms with E-state index in [-0.39, 0.29) is 6.04 Å². The van der Waals surface area contributed by atoms with Crippen molar-refractivity contribution in [2.75, 3.05) is 0 Å². The Labute approximate surface area is 121 Å². The minimum atomic E-state index is -0.0135. The second kappa shape index (κ2) is 5.96. The van der Waals surface area contributed by atoms with E-state index in [0.717, 1.165) is 17.8 Å². The molecule has 0 aliphatic rings. The van der Waals surface area contributed by atoms with E-state index >= 15 is 0 Å². The normalized spacial score (nSPS) is 12.4. The van der Waals surface area contributed by atoms with Crippen molar-refractivity contribution < 1.29 is 0 Å². The Kier molecular flexibility index (Phi) is 3.87. The third-order valence-corrected chi connectivity index (χ3v) is 3.88. The summed E-state index contributed by atoms with van der Waals surface area (Å²) < 4.78 is 1.85. The van der Waals surface area contributed by atoms with Gasteiger partial charge in [0, 0.05) is 23.7 Å². The summed E-state index contributed by atoms with van der Waals surface area (Å²) >= 11 is 1.62. The molecule has 0 aliphatic heterocycles. The quantitative estimate of drug-likeness (QED) is 0.556. The number of hydrogen-bond acceptors (Lipinski definition) is 5. The Balaban J connectivity index is 1.81. The van der Waals surface area contributed by atoms with Crippen molar-refractivity contribution in [3.8, 4) is 5.69 Å². The number of thiazole rings is 1. The van der Waals surface area contributed by atoms with Gasteiger partial charge in [0.2, 0.25) is 0 Å². The fourth-order valence-electron chi connectivity index (χ4n) is 2.04. The first-order chi connectivity index (χ1) is 9.86. The van der Waals surface area contributed by atoms with Crippen molar-refractivity contribution in [2.24, 2.45) is 5.84 Å². The predicted molar refractivity (Wildman–Crippen MR) is 79.4 cm³/mol. The van der Waals surface area contributed by atoms with Gasteiger partial charge in [-0.3, -0.25) is 16.3 Å². The molecule has 20 heavy (non-hydrogen) atoms. The third kappa shape index (κ3) is 2.77. The molecule has 0 radical (unpaired) electrons. The van der Waals surface area contributed by atoms with E-state index in [1.807, 2.05) is 59.0 Å². The van der Waals surface area contributed by atoms with Crippen molar-refractivity contribution >= 4 is 11.3 Å². The average molecular weight is 285 g/mol. The molecule has 6 heteroatoms. The monoisotopic (exact) mass is 285 g/mol. The van der Waals surface area contributed by atoms with Gasteiger partial charge in [0.15, 0.2) is 0 Å². The Morgan fingerprint density at radius 3 is 2.80 bits per heavy atom. The highest BCUT2D eigenvalue weighted by molar-refractivity contribution is 7.09. The summed E-state index contributed by atoms with van der Waals surface area (Å²) in [5.74, 6) is 5.65. The van der Waals surface area contributed by atoms with E-state index in [0.29, 0.717) is 0 Å². The number of para-hydroxylation sites is 1. The molecule has 3 aromatic rings. The Bertz CT molecular complexity index is 647. The van der Waals surface area contributed by atoms with Crippen molar-refractivity contribution in [2.45, 2.75) is 12.5 Å². The van der Waals surface area contributed by atoms with Gasteiger partial charge >= 0.3 is 0 Å². The van der Waals surface area contributed by atoms with Gasteiger partial charge in [0.25, 0.3) is 0 Å². The van der Waals surface area contributed by atoms with E-state index in [1.165, 1.54) is 4.88 Å². The minimum Gasteiger partial charge on any atom is -0.271 e. The Hall–Kier alpha value is -2.02. The first-order valence-electron chi connectivity index (χ1n) is 6.31. The number of nitrogens with zero attached hydrogens (tertiary/aromatic N) is 3. The van der Waals surface area contributed by atoms with Gasteiger partial charge in [-0.2, -0.15) is 5.10 Å². The van der Waals surface area contributed by atoms with Gasteiger partial charge in [0.05, 0.1) is 22.9 Å². The zero-order chi connectivity index (χ0) is 13.8. The molecule has 0 amide bonds. The van der Waals surface area contributed by atoms with E-state index in [2.05, 4.69) is 15.5 Å². The second-order valence-corrected chi connectivity index (χ2v) is 5.38. The molecule has 3 N–H and O–H groups in total. The predicted octanol–water partition coefficient (Wildman–Crippen LogP) is 2.08. The number of rotatable bonds is 5. The van der Waals surface area contributed by atoms with Gasteiger partial charge < -0.3 is 0 Å². The lowest BCUT2D eigenvalue weighted by atomic mass is 10.1. The molecular formula is C14H15N5S. The maximum atomic E-state index is 5.65. The largest absolute Gasteiger partial charge is 0.271 e. The maximum Gasteiger partial charge on any atom is 0.0815 e. The fourth-order valence-corrected chi connectivity index (χ4v) is 2.68. The smallest absolute Gasteiger partial charge is 0.0815 e. The Morgan fingerprint density at radius 1 is 1.25 bits per heavy atom. The van der Waals surface area contributed by atoms with Crippen LogP contribution < -0.4 is 11.3 Å². The summed E-state index contributed by atoms with van der Waals surface area (Å²) in [4.78, 5) is 5.26. The van der Waals surface area contributed by atoms with Crippen molar-refractivity contribution in [1.29, 1.82) is 0 Å². The molecule has 0 bridgehead atoms. The topological polar surface area (TPSA) is 68.8 Å². The number of aromatic nitrogens is 3. The molecule has 102 valence electrons. The zero-order valence-electron chi connectivity index (χ0n) is 10.8. The van der Waals surface area contributed by atoms with Crippen LogP contribution in [-0.4, -0.2) is 14.8 Å². The lowest BCUT2D eigenvalue weighted by Gasteiger charge is -2.11. The van der Waals surface area contributed by atoms with E-state index < -0.39 is 0 Å². The third-order valence-electron chi connectivity index (χ3n) is 3.08. The van der Waals surface area contributed by atoms with Gasteiger partial charge in [0.1, 0.15) is 0 Å². The standard InChI is InChI=1S/C14H15N5S/c15-17-14(8-12-9-16-10-20-12)13-6-7-19(18-13)11-4-2-1-3-5-11/h1-7,9-10,14,17H,8,15H2. The molecule has 0 aliphatic carbocycles. The van der Waals surface area contributed by atoms with Crippen LogP contribution in [0.4, 0.5) is 0 Å². The second-order valence-electron chi connectivity index (χ2n) is 4.41. The van der Waals surface area contributed by atoms with Crippen molar-refractivity contribution in [3.05, 3.63) is 64.9 Å². The molecule has 3 rings (SSSR count). The van der Waals surface area contributed by atoms with E-state index in [4.69, 9.17) is 5.84 Å². The van der Waals surface area contributed by atoms with E-state index in [9.17, 15) is 0 Å². The lowest BCUT2D eigenvalue weighted by molar-refractivity contribution is 0.536. The van der Waals surface area contributed by atoms with Gasteiger partial charge in [-0.25, -0.2) is 4.68 Å². The number of nitrogens with two attached hydrogens (primary N) is 1. The summed E-state index contributed by atoms with van der Waals surface area (Å²) in [6.07, 6.45) is 4.60. The van der Waals surface area contributed by atoms with Crippen LogP contribution in [0, 0.1) is 0 Å². The number of hydrazine groups is 1.